The normalized spacial score (nSPS) is 27.3. The summed E-state index contributed by atoms with van der Waals surface area (Å²) in [6.45, 7) is 3.24. The van der Waals surface area contributed by atoms with Gasteiger partial charge in [0.05, 0.1) is 6.61 Å². The number of rotatable bonds is 5. The van der Waals surface area contributed by atoms with E-state index in [0.29, 0.717) is 11.1 Å². The van der Waals surface area contributed by atoms with Crippen LogP contribution >= 0.6 is 0 Å². The Kier molecular flexibility index (Phi) is 5.57. The van der Waals surface area contributed by atoms with E-state index in [9.17, 15) is 14.7 Å². The quantitative estimate of drug-likeness (QED) is 0.596. The fourth-order valence-electron chi connectivity index (χ4n) is 4.62. The zero-order valence-corrected chi connectivity index (χ0v) is 18.8. The molecular weight excluding hydrogens is 438 g/mol. The molecule has 3 heterocycles. The summed E-state index contributed by atoms with van der Waals surface area (Å²) in [6, 6.07) is 19.3. The summed E-state index contributed by atoms with van der Waals surface area (Å²) >= 11 is 0. The minimum atomic E-state index is -1.43. The summed E-state index contributed by atoms with van der Waals surface area (Å²) in [5, 5.41) is 12.7. The molecule has 2 saturated heterocycles. The van der Waals surface area contributed by atoms with E-state index >= 15 is 0 Å². The number of amides is 1. The molecule has 0 radical (unpaired) electrons. The minimum absolute atomic E-state index is 0.107. The zero-order valence-electron chi connectivity index (χ0n) is 18.8. The van der Waals surface area contributed by atoms with Crippen LogP contribution in [-0.4, -0.2) is 51.3 Å². The molecule has 1 amide bonds. The molecule has 0 bridgehead atoms. The van der Waals surface area contributed by atoms with E-state index < -0.39 is 35.5 Å². The van der Waals surface area contributed by atoms with Gasteiger partial charge in [0.25, 0.3) is 5.91 Å². The van der Waals surface area contributed by atoms with Gasteiger partial charge < -0.3 is 24.6 Å². The molecule has 4 atom stereocenters. The molecule has 2 fully saturated rings. The molecule has 9 nitrogen and oxygen atoms in total. The van der Waals surface area contributed by atoms with Gasteiger partial charge in [-0.2, -0.15) is 4.98 Å². The average Bonchev–Trinajstić information content (AvgIpc) is 3.31. The number of benzene rings is 2. The lowest BCUT2D eigenvalue weighted by Gasteiger charge is -2.36. The Balaban J connectivity index is 1.57. The number of aliphatic hydroxyl groups excluding tert-OH is 1. The van der Waals surface area contributed by atoms with Crippen LogP contribution < -0.4 is 11.0 Å². The van der Waals surface area contributed by atoms with Gasteiger partial charge in [0.1, 0.15) is 24.1 Å². The largest absolute Gasteiger partial charge is 0.394 e. The van der Waals surface area contributed by atoms with Crippen molar-refractivity contribution in [2.45, 2.75) is 43.7 Å². The lowest BCUT2D eigenvalue weighted by atomic mass is 9.94. The Morgan fingerprint density at radius 3 is 2.35 bits per heavy atom. The number of anilines is 1. The highest BCUT2D eigenvalue weighted by molar-refractivity contribution is 6.03. The molecule has 9 heteroatoms. The highest BCUT2D eigenvalue weighted by Gasteiger charge is 2.64. The summed E-state index contributed by atoms with van der Waals surface area (Å²) in [4.78, 5) is 29.9. The Bertz CT molecular complexity index is 1250. The molecular formula is C25H25N3O6. The highest BCUT2D eigenvalue weighted by atomic mass is 16.8. The van der Waals surface area contributed by atoms with Crippen molar-refractivity contribution in [3.63, 3.8) is 0 Å². The van der Waals surface area contributed by atoms with E-state index in [0.717, 1.165) is 0 Å². The summed E-state index contributed by atoms with van der Waals surface area (Å²) in [5.41, 5.74) is -0.993. The first-order chi connectivity index (χ1) is 16.3. The Hall–Kier alpha value is -3.37. The van der Waals surface area contributed by atoms with Crippen LogP contribution in [0, 0.1) is 0 Å². The summed E-state index contributed by atoms with van der Waals surface area (Å²) in [5.74, 6) is -1.21. The number of fused-ring (bicyclic) bond motifs is 1. The second-order valence-electron chi connectivity index (χ2n) is 8.71. The number of hydrogen-bond acceptors (Lipinski definition) is 7. The van der Waals surface area contributed by atoms with Crippen molar-refractivity contribution in [2.75, 3.05) is 11.9 Å². The third-order valence-electron chi connectivity index (χ3n) is 6.02. The van der Waals surface area contributed by atoms with Gasteiger partial charge in [0.15, 0.2) is 5.79 Å². The SMILES string of the molecule is CC1(C)O[C@H]2[C@@H](O1)C(c1ccccc1)(n1ccc(NC(=O)c3ccccc3)nc1=O)O[C@@H]2CO. The highest BCUT2D eigenvalue weighted by Crippen LogP contribution is 2.49. The van der Waals surface area contributed by atoms with E-state index in [1.54, 1.807) is 38.1 Å². The van der Waals surface area contributed by atoms with Gasteiger partial charge in [-0.05, 0) is 32.0 Å². The van der Waals surface area contributed by atoms with E-state index in [2.05, 4.69) is 10.3 Å². The van der Waals surface area contributed by atoms with E-state index in [1.807, 2.05) is 36.4 Å². The molecule has 0 saturated carbocycles. The second-order valence-corrected chi connectivity index (χ2v) is 8.71. The maximum absolute atomic E-state index is 13.3. The van der Waals surface area contributed by atoms with Gasteiger partial charge in [-0.25, -0.2) is 4.79 Å². The summed E-state index contributed by atoms with van der Waals surface area (Å²) in [6.07, 6.45) is -0.554. The van der Waals surface area contributed by atoms with Crippen molar-refractivity contribution in [3.05, 3.63) is 94.5 Å². The van der Waals surface area contributed by atoms with Crippen molar-refractivity contribution in [2.24, 2.45) is 0 Å². The first kappa shape index (κ1) is 22.4. The maximum atomic E-state index is 13.3. The number of ether oxygens (including phenoxy) is 3. The molecule has 0 spiro atoms. The van der Waals surface area contributed by atoms with Crippen molar-refractivity contribution >= 4 is 11.7 Å². The van der Waals surface area contributed by atoms with Gasteiger partial charge >= 0.3 is 5.69 Å². The fraction of sp³-hybridized carbons (Fsp3) is 0.320. The Morgan fingerprint density at radius 1 is 1.03 bits per heavy atom. The van der Waals surface area contributed by atoms with E-state index in [1.165, 1.54) is 16.8 Å². The van der Waals surface area contributed by atoms with Gasteiger partial charge in [-0.15, -0.1) is 0 Å². The Morgan fingerprint density at radius 2 is 1.71 bits per heavy atom. The van der Waals surface area contributed by atoms with Crippen molar-refractivity contribution in [1.29, 1.82) is 0 Å². The number of nitrogens with zero attached hydrogens (tertiary/aromatic N) is 2. The van der Waals surface area contributed by atoms with E-state index in [4.69, 9.17) is 14.2 Å². The van der Waals surface area contributed by atoms with Crippen LogP contribution in [0.5, 0.6) is 0 Å². The first-order valence-corrected chi connectivity index (χ1v) is 11.0. The standard InChI is InChI=1S/C25H25N3O6/c1-24(2)33-20-18(15-29)32-25(21(20)34-24,17-11-7-4-8-12-17)28-14-13-19(27-23(28)31)26-22(30)16-9-5-3-6-10-16/h3-14,18,20-21,29H,15H2,1-2H3,(H,26,27,30,31)/t18-,20-,21-,25?/m1/s1. The number of nitrogens with one attached hydrogen (secondary N) is 1. The van der Waals surface area contributed by atoms with Crippen molar-refractivity contribution in [1.82, 2.24) is 9.55 Å². The number of aromatic nitrogens is 2. The third kappa shape index (κ3) is 3.72. The summed E-state index contributed by atoms with van der Waals surface area (Å²) in [7, 11) is 0. The average molecular weight is 463 g/mol. The molecule has 34 heavy (non-hydrogen) atoms. The molecule has 0 aliphatic carbocycles. The van der Waals surface area contributed by atoms with Crippen LogP contribution in [0.25, 0.3) is 0 Å². The van der Waals surface area contributed by atoms with Gasteiger partial charge in [0.2, 0.25) is 5.72 Å². The maximum Gasteiger partial charge on any atom is 0.352 e. The molecule has 1 aromatic heterocycles. The predicted molar refractivity (Wildman–Crippen MR) is 122 cm³/mol. The van der Waals surface area contributed by atoms with Gasteiger partial charge in [-0.1, -0.05) is 48.5 Å². The van der Waals surface area contributed by atoms with Crippen molar-refractivity contribution in [3.8, 4) is 0 Å². The third-order valence-corrected chi connectivity index (χ3v) is 6.02. The predicted octanol–water partition coefficient (Wildman–Crippen LogP) is 2.11. The minimum Gasteiger partial charge on any atom is -0.394 e. The van der Waals surface area contributed by atoms with Crippen LogP contribution in [0.2, 0.25) is 0 Å². The van der Waals surface area contributed by atoms with Crippen LogP contribution in [-0.2, 0) is 19.9 Å². The topological polar surface area (TPSA) is 112 Å². The number of aliphatic hydroxyl groups is 1. The first-order valence-electron chi connectivity index (χ1n) is 11.0. The fourth-order valence-corrected chi connectivity index (χ4v) is 4.62. The smallest absolute Gasteiger partial charge is 0.352 e. The lowest BCUT2D eigenvalue weighted by Crippen LogP contribution is -2.51. The molecule has 2 aliphatic heterocycles. The monoisotopic (exact) mass is 463 g/mol. The molecule has 3 aromatic rings. The number of hydrogen-bond donors (Lipinski definition) is 2. The lowest BCUT2D eigenvalue weighted by molar-refractivity contribution is -0.223. The van der Waals surface area contributed by atoms with Crippen LogP contribution in [0.1, 0.15) is 29.8 Å². The van der Waals surface area contributed by atoms with Gasteiger partial charge in [0, 0.05) is 17.3 Å². The van der Waals surface area contributed by atoms with Crippen LogP contribution in [0.4, 0.5) is 5.82 Å². The zero-order chi connectivity index (χ0) is 23.9. The molecule has 2 aliphatic rings. The van der Waals surface area contributed by atoms with Crippen molar-refractivity contribution < 1.29 is 24.1 Å². The van der Waals surface area contributed by atoms with E-state index in [-0.39, 0.29) is 18.3 Å². The second kappa shape index (κ2) is 8.44. The molecule has 5 rings (SSSR count). The molecule has 1 unspecified atom stereocenters. The van der Waals surface area contributed by atoms with Gasteiger partial charge in [-0.3, -0.25) is 9.36 Å². The van der Waals surface area contributed by atoms with Crippen LogP contribution in [0.15, 0.2) is 77.7 Å². The molecule has 176 valence electrons. The number of carbonyl (C=O) groups is 1. The molecule has 2 aromatic carbocycles. The van der Waals surface area contributed by atoms with Crippen LogP contribution in [0.3, 0.4) is 0 Å². The Labute approximate surface area is 195 Å². The molecule has 2 N–H and O–H groups in total. The number of carbonyl (C=O) groups excluding carboxylic acids is 1. The summed E-state index contributed by atoms with van der Waals surface area (Å²) < 4.78 is 19.9.